The number of carbonyl (C=O) groups excluding carboxylic acids is 1. The van der Waals surface area contributed by atoms with Crippen molar-refractivity contribution in [2.75, 3.05) is 16.8 Å². The molecule has 1 atom stereocenters. The number of nitrogens with one attached hydrogen (secondary N) is 1. The fourth-order valence-corrected chi connectivity index (χ4v) is 4.71. The summed E-state index contributed by atoms with van der Waals surface area (Å²) in [5.41, 5.74) is 1.64. The lowest BCUT2D eigenvalue weighted by atomic mass is 10.0. The Morgan fingerprint density at radius 2 is 2.11 bits per heavy atom. The van der Waals surface area contributed by atoms with Crippen LogP contribution in [0.1, 0.15) is 24.7 Å². The van der Waals surface area contributed by atoms with E-state index in [0.717, 1.165) is 5.69 Å². The number of aromatic nitrogens is 2. The Morgan fingerprint density at radius 3 is 2.61 bits per heavy atom. The molecule has 100 valence electrons. The summed E-state index contributed by atoms with van der Waals surface area (Å²) in [5.74, 6) is 0.292. The summed E-state index contributed by atoms with van der Waals surface area (Å²) in [6.07, 6.45) is 1.16. The van der Waals surface area contributed by atoms with Gasteiger partial charge < -0.3 is 5.32 Å². The predicted molar refractivity (Wildman–Crippen MR) is 68.3 cm³/mol. The molecule has 0 radical (unpaired) electrons. The average molecular weight is 271 g/mol. The molecule has 0 aliphatic carbocycles. The summed E-state index contributed by atoms with van der Waals surface area (Å²) in [4.78, 5) is 10.5. The summed E-state index contributed by atoms with van der Waals surface area (Å²) in [6, 6.07) is 0. The van der Waals surface area contributed by atoms with Gasteiger partial charge in [0.25, 0.3) is 0 Å². The number of anilines is 1. The maximum atomic E-state index is 11.6. The Balaban J connectivity index is 2.47. The molecule has 0 unspecified atom stereocenters. The number of aryl methyl sites for hydroxylation is 1. The van der Waals surface area contributed by atoms with Crippen molar-refractivity contribution in [3.63, 3.8) is 0 Å². The first-order chi connectivity index (χ1) is 8.29. The maximum absolute atomic E-state index is 11.6. The van der Waals surface area contributed by atoms with Crippen LogP contribution >= 0.6 is 0 Å². The second-order valence-corrected chi connectivity index (χ2v) is 7.24. The Kier molecular flexibility index (Phi) is 2.96. The van der Waals surface area contributed by atoms with Crippen LogP contribution in [0.25, 0.3) is 0 Å². The second-order valence-electron chi connectivity index (χ2n) is 5.06. The minimum absolute atomic E-state index is 0.0997. The third-order valence-electron chi connectivity index (χ3n) is 3.49. The highest BCUT2D eigenvalue weighted by Crippen LogP contribution is 2.33. The fourth-order valence-electron chi connectivity index (χ4n) is 2.60. The number of hydrogen-bond donors (Lipinski definition) is 1. The van der Waals surface area contributed by atoms with Crippen molar-refractivity contribution < 1.29 is 13.2 Å². The van der Waals surface area contributed by atoms with Gasteiger partial charge >= 0.3 is 0 Å². The highest BCUT2D eigenvalue weighted by atomic mass is 32.2. The van der Waals surface area contributed by atoms with Gasteiger partial charge in [0.1, 0.15) is 0 Å². The van der Waals surface area contributed by atoms with Gasteiger partial charge in [-0.1, -0.05) is 0 Å². The smallest absolute Gasteiger partial charge is 0.211 e. The Hall–Kier alpha value is -1.37. The van der Waals surface area contributed by atoms with Crippen molar-refractivity contribution in [1.82, 2.24) is 9.78 Å². The van der Waals surface area contributed by atoms with E-state index in [0.29, 0.717) is 24.2 Å². The SMILES string of the molecule is Cc1nn([C@]2(C)CCS(=O)(=O)C2)c(C)c1NC=O. The monoisotopic (exact) mass is 271 g/mol. The van der Waals surface area contributed by atoms with Gasteiger partial charge in [-0.3, -0.25) is 9.48 Å². The van der Waals surface area contributed by atoms with E-state index >= 15 is 0 Å². The van der Waals surface area contributed by atoms with Gasteiger partial charge in [-0.25, -0.2) is 8.42 Å². The van der Waals surface area contributed by atoms with Crippen LogP contribution < -0.4 is 5.32 Å². The van der Waals surface area contributed by atoms with Crippen LogP contribution in [0.4, 0.5) is 5.69 Å². The van der Waals surface area contributed by atoms with Gasteiger partial charge in [-0.05, 0) is 27.2 Å². The molecular weight excluding hydrogens is 254 g/mol. The van der Waals surface area contributed by atoms with Crippen molar-refractivity contribution in [3.8, 4) is 0 Å². The molecule has 2 heterocycles. The van der Waals surface area contributed by atoms with Gasteiger partial charge in [-0.15, -0.1) is 0 Å². The Morgan fingerprint density at radius 1 is 1.44 bits per heavy atom. The number of amides is 1. The molecule has 1 aliphatic heterocycles. The zero-order chi connectivity index (χ0) is 13.6. The molecule has 1 saturated heterocycles. The van der Waals surface area contributed by atoms with E-state index in [1.54, 1.807) is 11.6 Å². The maximum Gasteiger partial charge on any atom is 0.211 e. The van der Waals surface area contributed by atoms with Crippen LogP contribution in [-0.4, -0.2) is 36.1 Å². The number of sulfone groups is 1. The Bertz CT molecular complexity index is 591. The van der Waals surface area contributed by atoms with Gasteiger partial charge in [0.2, 0.25) is 6.41 Å². The quantitative estimate of drug-likeness (QED) is 0.816. The second kappa shape index (κ2) is 4.08. The molecule has 1 aromatic heterocycles. The lowest BCUT2D eigenvalue weighted by Gasteiger charge is -2.24. The topological polar surface area (TPSA) is 81.1 Å². The van der Waals surface area contributed by atoms with Crippen LogP contribution in [0.15, 0.2) is 0 Å². The minimum Gasteiger partial charge on any atom is -0.326 e. The molecule has 0 saturated carbocycles. The standard InChI is InChI=1S/C11H17N3O3S/c1-8-10(12-7-15)9(2)14(13-8)11(3)4-5-18(16,17)6-11/h7H,4-6H2,1-3H3,(H,12,15)/t11-/m1/s1. The summed E-state index contributed by atoms with van der Waals surface area (Å²) < 4.78 is 25.0. The minimum atomic E-state index is -2.99. The van der Waals surface area contributed by atoms with Gasteiger partial charge in [0.15, 0.2) is 9.84 Å². The van der Waals surface area contributed by atoms with E-state index in [1.807, 2.05) is 13.8 Å². The van der Waals surface area contributed by atoms with Crippen LogP contribution in [0.5, 0.6) is 0 Å². The molecule has 1 aromatic rings. The van der Waals surface area contributed by atoms with Crippen LogP contribution in [0.3, 0.4) is 0 Å². The molecule has 2 rings (SSSR count). The number of carbonyl (C=O) groups is 1. The molecule has 1 fully saturated rings. The third kappa shape index (κ3) is 2.03. The lowest BCUT2D eigenvalue weighted by Crippen LogP contribution is -2.33. The van der Waals surface area contributed by atoms with Crippen LogP contribution in [0, 0.1) is 13.8 Å². The van der Waals surface area contributed by atoms with E-state index in [4.69, 9.17) is 0 Å². The number of hydrogen-bond acceptors (Lipinski definition) is 4. The molecule has 0 bridgehead atoms. The van der Waals surface area contributed by atoms with E-state index in [1.165, 1.54) is 0 Å². The predicted octanol–water partition coefficient (Wildman–Crippen LogP) is 0.602. The number of rotatable bonds is 3. The number of nitrogens with zero attached hydrogens (tertiary/aromatic N) is 2. The van der Waals surface area contributed by atoms with E-state index < -0.39 is 15.4 Å². The molecule has 7 heteroatoms. The van der Waals surface area contributed by atoms with Crippen LogP contribution in [-0.2, 0) is 20.2 Å². The van der Waals surface area contributed by atoms with Crippen molar-refractivity contribution >= 4 is 21.9 Å². The van der Waals surface area contributed by atoms with Gasteiger partial charge in [0, 0.05) is 0 Å². The average Bonchev–Trinajstić information content (AvgIpc) is 2.70. The first kappa shape index (κ1) is 13.1. The molecule has 1 aliphatic rings. The van der Waals surface area contributed by atoms with Crippen molar-refractivity contribution in [2.45, 2.75) is 32.7 Å². The highest BCUT2D eigenvalue weighted by molar-refractivity contribution is 7.91. The van der Waals surface area contributed by atoms with E-state index in [2.05, 4.69) is 10.4 Å². The largest absolute Gasteiger partial charge is 0.326 e. The van der Waals surface area contributed by atoms with Gasteiger partial charge in [-0.2, -0.15) is 5.10 Å². The Labute approximate surface area is 106 Å². The molecule has 0 spiro atoms. The first-order valence-corrected chi connectivity index (χ1v) is 7.58. The lowest BCUT2D eigenvalue weighted by molar-refractivity contribution is -0.105. The van der Waals surface area contributed by atoms with E-state index in [-0.39, 0.29) is 11.5 Å². The van der Waals surface area contributed by atoms with Crippen molar-refractivity contribution in [3.05, 3.63) is 11.4 Å². The van der Waals surface area contributed by atoms with E-state index in [9.17, 15) is 13.2 Å². The van der Waals surface area contributed by atoms with Crippen LogP contribution in [0.2, 0.25) is 0 Å². The molecule has 6 nitrogen and oxygen atoms in total. The molecule has 18 heavy (non-hydrogen) atoms. The summed E-state index contributed by atoms with van der Waals surface area (Å²) >= 11 is 0. The molecular formula is C11H17N3O3S. The normalized spacial score (nSPS) is 26.2. The zero-order valence-electron chi connectivity index (χ0n) is 10.7. The fraction of sp³-hybridized carbons (Fsp3) is 0.636. The highest BCUT2D eigenvalue weighted by Gasteiger charge is 2.41. The van der Waals surface area contributed by atoms with Gasteiger partial charge in [0.05, 0.1) is 34.1 Å². The molecule has 1 N–H and O–H groups in total. The molecule has 1 amide bonds. The third-order valence-corrected chi connectivity index (χ3v) is 5.38. The van der Waals surface area contributed by atoms with Crippen molar-refractivity contribution in [1.29, 1.82) is 0 Å². The zero-order valence-corrected chi connectivity index (χ0v) is 11.5. The summed E-state index contributed by atoms with van der Waals surface area (Å²) in [7, 11) is -2.99. The van der Waals surface area contributed by atoms with Crippen molar-refractivity contribution in [2.24, 2.45) is 0 Å². The summed E-state index contributed by atoms with van der Waals surface area (Å²) in [5, 5.41) is 6.99. The first-order valence-electron chi connectivity index (χ1n) is 5.76. The summed E-state index contributed by atoms with van der Waals surface area (Å²) in [6.45, 7) is 5.52. The molecule has 0 aromatic carbocycles.